The molecule has 2 aromatic carbocycles. The quantitative estimate of drug-likeness (QED) is 0.127. The summed E-state index contributed by atoms with van der Waals surface area (Å²) in [6, 6.07) is 19.6. The molecule has 222 valence electrons. The minimum atomic E-state index is -0.750. The Morgan fingerprint density at radius 2 is 1.05 bits per heavy atom. The molecule has 2 aromatic rings. The van der Waals surface area contributed by atoms with E-state index in [1.165, 1.54) is 6.08 Å². The van der Waals surface area contributed by atoms with E-state index in [9.17, 15) is 14.4 Å². The largest absolute Gasteiger partial charge is 0.365 e. The normalized spacial score (nSPS) is 16.8. The Morgan fingerprint density at radius 1 is 0.659 bits per heavy atom. The van der Waals surface area contributed by atoms with Crippen molar-refractivity contribution >= 4 is 64.3 Å². The van der Waals surface area contributed by atoms with Crippen LogP contribution < -0.4 is 0 Å². The third kappa shape index (κ3) is 11.7. The molecule has 41 heavy (non-hydrogen) atoms. The average molecular weight is 798 g/mol. The Balaban J connectivity index is 0.000000244. The summed E-state index contributed by atoms with van der Waals surface area (Å²) in [6.45, 7) is 5.41. The van der Waals surface area contributed by atoms with Crippen molar-refractivity contribution in [1.82, 2.24) is 14.7 Å². The van der Waals surface area contributed by atoms with Crippen LogP contribution in [0.3, 0.4) is 0 Å². The van der Waals surface area contributed by atoms with Crippen LogP contribution in [0, 0.1) is 0 Å². The van der Waals surface area contributed by atoms with E-state index >= 15 is 0 Å². The average Bonchev–Trinajstić information content (AvgIpc) is 3.77. The molecule has 0 aromatic heterocycles. The van der Waals surface area contributed by atoms with Gasteiger partial charge in [0.05, 0.1) is 5.70 Å². The SMILES string of the molecule is ClC(Cl)Cl.O=C(/C=C\c1ccccc1)/C=C/c1ccccc1.O=C1C=C(N2CC2)C(=O)C(N2CC2)=C1N1CC1.[Pd].[Pd]. The summed E-state index contributed by atoms with van der Waals surface area (Å²) in [5.41, 5.74) is 3.94. The summed E-state index contributed by atoms with van der Waals surface area (Å²) in [5.74, 6) is 0.0371. The van der Waals surface area contributed by atoms with Gasteiger partial charge in [0.15, 0.2) is 10.1 Å². The minimum absolute atomic E-state index is 0. The van der Waals surface area contributed by atoms with Crippen LogP contribution in [0.5, 0.6) is 0 Å². The molecule has 0 N–H and O–H groups in total. The molecule has 3 fully saturated rings. The number of hydrogen-bond acceptors (Lipinski definition) is 6. The number of alkyl halides is 3. The van der Waals surface area contributed by atoms with E-state index in [1.54, 1.807) is 12.2 Å². The topological polar surface area (TPSA) is 60.2 Å². The van der Waals surface area contributed by atoms with Gasteiger partial charge in [0.25, 0.3) is 0 Å². The molecule has 6 nitrogen and oxygen atoms in total. The first-order valence-electron chi connectivity index (χ1n) is 12.6. The van der Waals surface area contributed by atoms with Gasteiger partial charge in [-0.1, -0.05) is 108 Å². The second-order valence-corrected chi connectivity index (χ2v) is 11.0. The molecule has 0 saturated carbocycles. The molecule has 4 aliphatic rings. The predicted molar refractivity (Wildman–Crippen MR) is 157 cm³/mol. The van der Waals surface area contributed by atoms with Crippen molar-refractivity contribution in [1.29, 1.82) is 0 Å². The Kier molecular flexibility index (Phi) is 14.8. The van der Waals surface area contributed by atoms with Gasteiger partial charge in [0, 0.05) is 86.2 Å². The molecular formula is C30H28Cl3N3O3Pd2. The van der Waals surface area contributed by atoms with Gasteiger partial charge in [-0.25, -0.2) is 0 Å². The molecule has 0 unspecified atom stereocenters. The fraction of sp³-hybridized carbons (Fsp3) is 0.233. The van der Waals surface area contributed by atoms with Gasteiger partial charge in [0.1, 0.15) is 11.4 Å². The van der Waals surface area contributed by atoms with Gasteiger partial charge in [-0.05, 0) is 23.3 Å². The number of benzene rings is 2. The molecule has 0 spiro atoms. The van der Waals surface area contributed by atoms with E-state index in [2.05, 4.69) is 0 Å². The summed E-state index contributed by atoms with van der Waals surface area (Å²) in [7, 11) is 0. The van der Waals surface area contributed by atoms with Crippen molar-refractivity contribution in [3.63, 3.8) is 0 Å². The van der Waals surface area contributed by atoms with E-state index in [-0.39, 0.29) is 58.2 Å². The Bertz CT molecular complexity index is 1270. The maximum atomic E-state index is 12.4. The molecule has 0 bridgehead atoms. The standard InChI is InChI=1S/C17H14O.C12H13N3O2.CHCl3.2Pd/c18-17(13-11-15-7-3-1-4-8-15)14-12-16-9-5-2-6-10-16;16-9-7-8(13-1-2-13)12(17)11(15-5-6-15)10(9)14-3-4-14;2-1(3)4;;/h1-14H;7H,1-6H2;1H;;/b13-11-,14-12+;;;;. The third-order valence-corrected chi connectivity index (χ3v) is 5.97. The van der Waals surface area contributed by atoms with Crippen molar-refractivity contribution in [2.75, 3.05) is 39.3 Å². The number of carbonyl (C=O) groups excluding carboxylic acids is 3. The van der Waals surface area contributed by atoms with Crippen LogP contribution >= 0.6 is 34.8 Å². The van der Waals surface area contributed by atoms with Gasteiger partial charge in [-0.3, -0.25) is 14.4 Å². The summed E-state index contributed by atoms with van der Waals surface area (Å²) in [4.78, 5) is 42.1. The smallest absolute Gasteiger partial charge is 0.227 e. The van der Waals surface area contributed by atoms with E-state index < -0.39 is 4.30 Å². The minimum Gasteiger partial charge on any atom is -0.365 e. The molecule has 3 saturated heterocycles. The second-order valence-electron chi connectivity index (χ2n) is 9.02. The van der Waals surface area contributed by atoms with Crippen LogP contribution in [0.4, 0.5) is 0 Å². The van der Waals surface area contributed by atoms with Crippen LogP contribution in [-0.2, 0) is 55.2 Å². The molecular weight excluding hydrogens is 770 g/mol. The third-order valence-electron chi connectivity index (χ3n) is 5.97. The Hall–Kier alpha value is -2.00. The zero-order valence-electron chi connectivity index (χ0n) is 21.8. The zero-order chi connectivity index (χ0) is 27.8. The Labute approximate surface area is 283 Å². The molecule has 11 heteroatoms. The summed E-state index contributed by atoms with van der Waals surface area (Å²) >= 11 is 14.4. The van der Waals surface area contributed by atoms with Gasteiger partial charge in [-0.2, -0.15) is 0 Å². The van der Waals surface area contributed by atoms with Crippen LogP contribution in [0.25, 0.3) is 12.2 Å². The number of allylic oxidation sites excluding steroid dienone is 3. The number of hydrogen-bond donors (Lipinski definition) is 0. The molecule has 3 heterocycles. The molecule has 6 rings (SSSR count). The number of Topliss-reactive ketones (excluding diaryl/α,β-unsaturated/α-hetero) is 1. The first-order valence-corrected chi connectivity index (χ1v) is 13.9. The molecule has 1 aliphatic carbocycles. The maximum absolute atomic E-state index is 12.4. The number of nitrogens with zero attached hydrogens (tertiary/aromatic N) is 3. The van der Waals surface area contributed by atoms with Crippen molar-refractivity contribution in [2.24, 2.45) is 0 Å². The van der Waals surface area contributed by atoms with Crippen molar-refractivity contribution < 1.29 is 55.2 Å². The Morgan fingerprint density at radius 3 is 1.44 bits per heavy atom. The van der Waals surface area contributed by atoms with Crippen molar-refractivity contribution in [3.8, 4) is 0 Å². The number of halogens is 3. The first-order chi connectivity index (χ1) is 18.8. The molecule has 3 aliphatic heterocycles. The van der Waals surface area contributed by atoms with Crippen LogP contribution in [0.2, 0.25) is 0 Å². The van der Waals surface area contributed by atoms with E-state index in [1.807, 2.05) is 87.5 Å². The van der Waals surface area contributed by atoms with Gasteiger partial charge >= 0.3 is 0 Å². The molecule has 0 amide bonds. The number of ketones is 3. The van der Waals surface area contributed by atoms with E-state index in [4.69, 9.17) is 34.8 Å². The summed E-state index contributed by atoms with van der Waals surface area (Å²) < 4.78 is -0.750. The molecule has 0 atom stereocenters. The van der Waals surface area contributed by atoms with Gasteiger partial charge in [0.2, 0.25) is 11.6 Å². The summed E-state index contributed by atoms with van der Waals surface area (Å²) in [6.07, 6.45) is 8.31. The zero-order valence-corrected chi connectivity index (χ0v) is 27.2. The first kappa shape index (κ1) is 35.2. The van der Waals surface area contributed by atoms with E-state index in [0.717, 1.165) is 50.4 Å². The number of rotatable bonds is 7. The van der Waals surface area contributed by atoms with Crippen LogP contribution in [0.1, 0.15) is 11.1 Å². The second kappa shape index (κ2) is 17.2. The van der Waals surface area contributed by atoms with Gasteiger partial charge in [-0.15, -0.1) is 0 Å². The van der Waals surface area contributed by atoms with E-state index in [0.29, 0.717) is 17.1 Å². The van der Waals surface area contributed by atoms with Gasteiger partial charge < -0.3 is 14.7 Å². The van der Waals surface area contributed by atoms with Crippen LogP contribution in [0.15, 0.2) is 96.0 Å². The van der Waals surface area contributed by atoms with Crippen LogP contribution in [-0.4, -0.2) is 75.6 Å². The monoisotopic (exact) mass is 795 g/mol. The summed E-state index contributed by atoms with van der Waals surface area (Å²) in [5, 5.41) is 0. The molecule has 0 radical (unpaired) electrons. The van der Waals surface area contributed by atoms with Crippen molar-refractivity contribution in [2.45, 2.75) is 4.30 Å². The fourth-order valence-electron chi connectivity index (χ4n) is 3.82. The van der Waals surface area contributed by atoms with Crippen molar-refractivity contribution in [3.05, 3.63) is 107 Å². The predicted octanol–water partition coefficient (Wildman–Crippen LogP) is 5.14. The number of carbonyl (C=O) groups is 3. The maximum Gasteiger partial charge on any atom is 0.227 e. The fourth-order valence-corrected chi connectivity index (χ4v) is 3.82.